The third-order valence-electron chi connectivity index (χ3n) is 4.98. The summed E-state index contributed by atoms with van der Waals surface area (Å²) in [6.07, 6.45) is 0.971. The Labute approximate surface area is 181 Å². The van der Waals surface area contributed by atoms with Crippen LogP contribution in [-0.4, -0.2) is 55.1 Å². The molecule has 2 aromatic rings. The number of carbonyl (C=O) groups excluding carboxylic acids is 1. The number of ether oxygens (including phenoxy) is 2. The highest BCUT2D eigenvalue weighted by molar-refractivity contribution is 9.10. The Bertz CT molecular complexity index is 823. The lowest BCUT2D eigenvalue weighted by molar-refractivity contribution is 0.0755. The maximum Gasteiger partial charge on any atom is 0.257 e. The van der Waals surface area contributed by atoms with E-state index in [1.54, 1.807) is 7.11 Å². The van der Waals surface area contributed by atoms with Crippen molar-refractivity contribution in [1.29, 1.82) is 0 Å². The first-order valence-electron chi connectivity index (χ1n) is 10.1. The second-order valence-corrected chi connectivity index (χ2v) is 8.49. The molecule has 0 aliphatic carbocycles. The van der Waals surface area contributed by atoms with Crippen LogP contribution in [0.25, 0.3) is 0 Å². The number of halogens is 1. The summed E-state index contributed by atoms with van der Waals surface area (Å²) in [5, 5.41) is 0. The molecule has 2 aromatic carbocycles. The molecule has 0 atom stereocenters. The van der Waals surface area contributed by atoms with Crippen LogP contribution in [0.3, 0.4) is 0 Å². The van der Waals surface area contributed by atoms with Crippen LogP contribution in [0.1, 0.15) is 36.2 Å². The summed E-state index contributed by atoms with van der Waals surface area (Å²) in [5.41, 5.74) is 1.89. The van der Waals surface area contributed by atoms with Gasteiger partial charge in [-0.05, 0) is 56.2 Å². The summed E-state index contributed by atoms with van der Waals surface area (Å²) < 4.78 is 12.0. The summed E-state index contributed by atoms with van der Waals surface area (Å²) in [7, 11) is 1.68. The molecule has 1 amide bonds. The van der Waals surface area contributed by atoms with E-state index in [1.165, 1.54) is 5.56 Å². The van der Waals surface area contributed by atoms with E-state index < -0.39 is 0 Å². The Morgan fingerprint density at radius 3 is 2.52 bits per heavy atom. The van der Waals surface area contributed by atoms with Gasteiger partial charge < -0.3 is 14.4 Å². The maximum absolute atomic E-state index is 13.2. The standard InChI is InChI=1S/C23H29BrN2O3/c1-17(2)29-22-15-19(24)7-10-21(22)23(27)26-12-4-11-25(13-14-26)16-18-5-8-20(28-3)9-6-18/h5-10,15,17H,4,11-14,16H2,1-3H3. The number of rotatable bonds is 6. The number of hydrogen-bond acceptors (Lipinski definition) is 4. The number of benzene rings is 2. The fourth-order valence-electron chi connectivity index (χ4n) is 3.52. The van der Waals surface area contributed by atoms with Crippen LogP contribution < -0.4 is 9.47 Å². The van der Waals surface area contributed by atoms with Crippen molar-refractivity contribution in [2.24, 2.45) is 0 Å². The highest BCUT2D eigenvalue weighted by Gasteiger charge is 2.23. The van der Waals surface area contributed by atoms with Crippen molar-refractivity contribution in [3.8, 4) is 11.5 Å². The molecule has 1 heterocycles. The van der Waals surface area contributed by atoms with Gasteiger partial charge in [0.25, 0.3) is 5.91 Å². The van der Waals surface area contributed by atoms with Crippen molar-refractivity contribution < 1.29 is 14.3 Å². The smallest absolute Gasteiger partial charge is 0.257 e. The number of hydrogen-bond donors (Lipinski definition) is 0. The second-order valence-electron chi connectivity index (χ2n) is 7.58. The van der Waals surface area contributed by atoms with E-state index in [4.69, 9.17) is 9.47 Å². The fourth-order valence-corrected chi connectivity index (χ4v) is 3.86. The van der Waals surface area contributed by atoms with E-state index in [9.17, 15) is 4.79 Å². The van der Waals surface area contributed by atoms with Crippen LogP contribution >= 0.6 is 15.9 Å². The van der Waals surface area contributed by atoms with Crippen LogP contribution in [0.2, 0.25) is 0 Å². The molecule has 0 N–H and O–H groups in total. The Morgan fingerprint density at radius 1 is 1.07 bits per heavy atom. The van der Waals surface area contributed by atoms with Crippen molar-refractivity contribution >= 4 is 21.8 Å². The first-order valence-corrected chi connectivity index (χ1v) is 10.9. The van der Waals surface area contributed by atoms with Crippen molar-refractivity contribution in [1.82, 2.24) is 9.80 Å². The first-order chi connectivity index (χ1) is 14.0. The molecule has 1 fully saturated rings. The van der Waals surface area contributed by atoms with Gasteiger partial charge in [0.2, 0.25) is 0 Å². The van der Waals surface area contributed by atoms with Gasteiger partial charge in [0.1, 0.15) is 11.5 Å². The van der Waals surface area contributed by atoms with Crippen molar-refractivity contribution in [2.45, 2.75) is 32.9 Å². The molecule has 29 heavy (non-hydrogen) atoms. The van der Waals surface area contributed by atoms with Gasteiger partial charge in [-0.2, -0.15) is 0 Å². The van der Waals surface area contributed by atoms with Gasteiger partial charge in [0, 0.05) is 37.2 Å². The molecule has 0 saturated carbocycles. The van der Waals surface area contributed by atoms with Crippen molar-refractivity contribution in [3.05, 3.63) is 58.1 Å². The summed E-state index contributed by atoms with van der Waals surface area (Å²) in [4.78, 5) is 17.6. The second kappa shape index (κ2) is 10.1. The van der Waals surface area contributed by atoms with Gasteiger partial charge >= 0.3 is 0 Å². The molecule has 1 aliphatic rings. The molecule has 1 aliphatic heterocycles. The first kappa shape index (κ1) is 21.7. The van der Waals surface area contributed by atoms with E-state index in [0.717, 1.165) is 42.8 Å². The van der Waals surface area contributed by atoms with Crippen LogP contribution in [0.4, 0.5) is 0 Å². The van der Waals surface area contributed by atoms with E-state index in [2.05, 4.69) is 33.0 Å². The molecule has 0 radical (unpaired) electrons. The van der Waals surface area contributed by atoms with Gasteiger partial charge in [0.05, 0.1) is 18.8 Å². The lowest BCUT2D eigenvalue weighted by Gasteiger charge is -2.23. The highest BCUT2D eigenvalue weighted by atomic mass is 79.9. The van der Waals surface area contributed by atoms with Crippen molar-refractivity contribution in [2.75, 3.05) is 33.3 Å². The molecular formula is C23H29BrN2O3. The molecule has 156 valence electrons. The lowest BCUT2D eigenvalue weighted by atomic mass is 10.1. The summed E-state index contributed by atoms with van der Waals surface area (Å²) in [5.74, 6) is 1.55. The lowest BCUT2D eigenvalue weighted by Crippen LogP contribution is -2.35. The number of carbonyl (C=O) groups is 1. The third kappa shape index (κ3) is 5.97. The van der Waals surface area contributed by atoms with Crippen LogP contribution in [0, 0.1) is 0 Å². The quantitative estimate of drug-likeness (QED) is 0.631. The zero-order chi connectivity index (χ0) is 20.8. The largest absolute Gasteiger partial charge is 0.497 e. The monoisotopic (exact) mass is 460 g/mol. The third-order valence-corrected chi connectivity index (χ3v) is 5.47. The predicted molar refractivity (Wildman–Crippen MR) is 119 cm³/mol. The summed E-state index contributed by atoms with van der Waals surface area (Å²) >= 11 is 3.47. The average Bonchev–Trinajstić information content (AvgIpc) is 2.93. The van der Waals surface area contributed by atoms with Gasteiger partial charge in [0.15, 0.2) is 0 Å². The molecule has 0 unspecified atom stereocenters. The molecule has 6 heteroatoms. The minimum Gasteiger partial charge on any atom is -0.497 e. The molecule has 5 nitrogen and oxygen atoms in total. The van der Waals surface area contributed by atoms with Gasteiger partial charge in [-0.1, -0.05) is 28.1 Å². The SMILES string of the molecule is COc1ccc(CN2CCCN(C(=O)c3ccc(Br)cc3OC(C)C)CC2)cc1. The fraction of sp³-hybridized carbons (Fsp3) is 0.435. The van der Waals surface area contributed by atoms with E-state index in [1.807, 2.05) is 49.1 Å². The Kier molecular flexibility index (Phi) is 7.56. The Balaban J connectivity index is 1.65. The molecular weight excluding hydrogens is 432 g/mol. The number of methoxy groups -OCH3 is 1. The van der Waals surface area contributed by atoms with Gasteiger partial charge in [-0.3, -0.25) is 9.69 Å². The van der Waals surface area contributed by atoms with E-state index >= 15 is 0 Å². The van der Waals surface area contributed by atoms with Gasteiger partial charge in [-0.15, -0.1) is 0 Å². The maximum atomic E-state index is 13.2. The average molecular weight is 461 g/mol. The van der Waals surface area contributed by atoms with Crippen molar-refractivity contribution in [3.63, 3.8) is 0 Å². The predicted octanol–water partition coefficient (Wildman–Crippen LogP) is 4.59. The summed E-state index contributed by atoms with van der Waals surface area (Å²) in [6.45, 7) is 8.13. The van der Waals surface area contributed by atoms with Crippen LogP contribution in [0.15, 0.2) is 46.9 Å². The van der Waals surface area contributed by atoms with Gasteiger partial charge in [-0.25, -0.2) is 0 Å². The van der Waals surface area contributed by atoms with E-state index in [-0.39, 0.29) is 12.0 Å². The molecule has 0 bridgehead atoms. The Morgan fingerprint density at radius 2 is 1.83 bits per heavy atom. The highest BCUT2D eigenvalue weighted by Crippen LogP contribution is 2.26. The zero-order valence-corrected chi connectivity index (χ0v) is 18.9. The summed E-state index contributed by atoms with van der Waals surface area (Å²) in [6, 6.07) is 13.8. The molecule has 0 spiro atoms. The molecule has 3 rings (SSSR count). The van der Waals surface area contributed by atoms with E-state index in [0.29, 0.717) is 17.9 Å². The normalized spacial score (nSPS) is 15.3. The molecule has 1 saturated heterocycles. The van der Waals surface area contributed by atoms with Crippen LogP contribution in [0.5, 0.6) is 11.5 Å². The minimum atomic E-state index is 0.0139. The number of nitrogens with zero attached hydrogens (tertiary/aromatic N) is 2. The molecule has 0 aromatic heterocycles. The Hall–Kier alpha value is -2.05. The minimum absolute atomic E-state index is 0.0139. The zero-order valence-electron chi connectivity index (χ0n) is 17.4. The topological polar surface area (TPSA) is 42.0 Å². The van der Waals surface area contributed by atoms with Crippen LogP contribution in [-0.2, 0) is 6.54 Å². The number of amides is 1.